The lowest BCUT2D eigenvalue weighted by Gasteiger charge is -1.97. The highest BCUT2D eigenvalue weighted by atomic mass is 16.5. The van der Waals surface area contributed by atoms with Gasteiger partial charge in [0.15, 0.2) is 0 Å². The fraction of sp³-hybridized carbons (Fsp3) is 0.286. The normalized spacial score (nSPS) is 11.2. The maximum absolute atomic E-state index is 8.33. The highest BCUT2D eigenvalue weighted by Gasteiger charge is 1.93. The number of methoxy groups -OCH3 is 1. The molecule has 0 aliphatic rings. The second kappa shape index (κ2) is 3.73. The number of rotatable bonds is 2. The van der Waals surface area contributed by atoms with Gasteiger partial charge in [0, 0.05) is 0 Å². The molecule has 0 unspecified atom stereocenters. The molecule has 0 N–H and O–H groups in total. The lowest BCUT2D eigenvalue weighted by Crippen LogP contribution is -1.84. The molecule has 0 bridgehead atoms. The van der Waals surface area contributed by atoms with Gasteiger partial charge in [-0.3, -0.25) is 0 Å². The third-order valence-corrected chi connectivity index (χ3v) is 0.943. The molecule has 0 saturated heterocycles. The van der Waals surface area contributed by atoms with Gasteiger partial charge in [-0.2, -0.15) is 5.26 Å². The zero-order valence-corrected chi connectivity index (χ0v) is 5.64. The van der Waals surface area contributed by atoms with E-state index >= 15 is 0 Å². The van der Waals surface area contributed by atoms with E-state index in [2.05, 4.69) is 6.58 Å². The number of nitrogens with zero attached hydrogens (tertiary/aromatic N) is 1. The Bertz CT molecular complexity index is 174. The summed E-state index contributed by atoms with van der Waals surface area (Å²) in [5.41, 5.74) is 0.549. The number of hydrogen-bond donors (Lipinski definition) is 0. The molecule has 0 radical (unpaired) electrons. The average molecular weight is 123 g/mol. The smallest absolute Gasteiger partial charge is 0.131 e. The third-order valence-electron chi connectivity index (χ3n) is 0.943. The SMILES string of the molecule is C=C/C(OC)=C(\C)C#N. The number of nitriles is 1. The first-order chi connectivity index (χ1) is 4.26. The molecule has 0 aromatic rings. The van der Waals surface area contributed by atoms with Gasteiger partial charge in [0.05, 0.1) is 18.8 Å². The van der Waals surface area contributed by atoms with Crippen LogP contribution in [0.15, 0.2) is 24.0 Å². The van der Waals surface area contributed by atoms with E-state index < -0.39 is 0 Å². The Labute approximate surface area is 55.1 Å². The summed E-state index contributed by atoms with van der Waals surface area (Å²) in [6, 6.07) is 1.95. The summed E-state index contributed by atoms with van der Waals surface area (Å²) in [4.78, 5) is 0. The van der Waals surface area contributed by atoms with E-state index in [1.165, 1.54) is 13.2 Å². The summed E-state index contributed by atoms with van der Waals surface area (Å²) in [7, 11) is 1.51. The molecule has 2 nitrogen and oxygen atoms in total. The molecule has 0 amide bonds. The summed E-state index contributed by atoms with van der Waals surface area (Å²) in [6.45, 7) is 5.15. The van der Waals surface area contributed by atoms with Crippen LogP contribution in [0.4, 0.5) is 0 Å². The maximum atomic E-state index is 8.33. The summed E-state index contributed by atoms with van der Waals surface area (Å²) in [6.07, 6.45) is 1.51. The van der Waals surface area contributed by atoms with Crippen molar-refractivity contribution in [1.29, 1.82) is 5.26 Å². The molecular weight excluding hydrogens is 114 g/mol. The van der Waals surface area contributed by atoms with Gasteiger partial charge in [-0.15, -0.1) is 0 Å². The van der Waals surface area contributed by atoms with Gasteiger partial charge in [-0.1, -0.05) is 6.58 Å². The predicted molar refractivity (Wildman–Crippen MR) is 35.5 cm³/mol. The molecule has 48 valence electrons. The molecule has 0 aliphatic carbocycles. The largest absolute Gasteiger partial charge is 0.496 e. The molecule has 2 heteroatoms. The molecule has 0 aromatic heterocycles. The number of ether oxygens (including phenoxy) is 1. The molecule has 0 spiro atoms. The van der Waals surface area contributed by atoms with Crippen LogP contribution in [0.3, 0.4) is 0 Å². The highest BCUT2D eigenvalue weighted by molar-refractivity contribution is 5.27. The van der Waals surface area contributed by atoms with Gasteiger partial charge in [-0.25, -0.2) is 0 Å². The van der Waals surface area contributed by atoms with E-state index in [9.17, 15) is 0 Å². The average Bonchev–Trinajstić information content (AvgIpc) is 1.90. The van der Waals surface area contributed by atoms with E-state index in [1.54, 1.807) is 6.92 Å². The summed E-state index contributed by atoms with van der Waals surface area (Å²) < 4.78 is 4.79. The molecule has 0 aromatic carbocycles. The maximum Gasteiger partial charge on any atom is 0.131 e. The quantitative estimate of drug-likeness (QED) is 0.317. The molecule has 0 aliphatic heterocycles. The molecule has 0 rings (SSSR count). The fourth-order valence-corrected chi connectivity index (χ4v) is 0.445. The van der Waals surface area contributed by atoms with Crippen LogP contribution >= 0.6 is 0 Å². The van der Waals surface area contributed by atoms with Crippen molar-refractivity contribution < 1.29 is 4.74 Å². The molecule has 0 atom stereocenters. The van der Waals surface area contributed by atoms with Gasteiger partial charge < -0.3 is 4.74 Å². The van der Waals surface area contributed by atoms with Crippen LogP contribution in [-0.2, 0) is 4.74 Å². The van der Waals surface area contributed by atoms with Gasteiger partial charge in [0.2, 0.25) is 0 Å². The van der Waals surface area contributed by atoms with Gasteiger partial charge in [0.25, 0.3) is 0 Å². The summed E-state index contributed by atoms with van der Waals surface area (Å²) in [5, 5.41) is 8.33. The van der Waals surface area contributed by atoms with Gasteiger partial charge in [-0.05, 0) is 13.0 Å². The zero-order chi connectivity index (χ0) is 7.28. The molecule has 0 saturated carbocycles. The van der Waals surface area contributed by atoms with Crippen LogP contribution in [0.1, 0.15) is 6.92 Å². The van der Waals surface area contributed by atoms with Gasteiger partial charge >= 0.3 is 0 Å². The minimum atomic E-state index is 0.539. The van der Waals surface area contributed by atoms with E-state index in [0.29, 0.717) is 11.3 Å². The first-order valence-electron chi connectivity index (χ1n) is 2.53. The zero-order valence-electron chi connectivity index (χ0n) is 5.64. The van der Waals surface area contributed by atoms with Crippen molar-refractivity contribution in [2.45, 2.75) is 6.92 Å². The van der Waals surface area contributed by atoms with Crippen molar-refractivity contribution in [3.63, 3.8) is 0 Å². The van der Waals surface area contributed by atoms with Crippen molar-refractivity contribution in [2.24, 2.45) is 0 Å². The molecule has 0 fully saturated rings. The van der Waals surface area contributed by atoms with Crippen LogP contribution in [0.25, 0.3) is 0 Å². The second-order valence-corrected chi connectivity index (χ2v) is 1.51. The Morgan fingerprint density at radius 1 is 1.78 bits per heavy atom. The third kappa shape index (κ3) is 2.00. The van der Waals surface area contributed by atoms with E-state index in [-0.39, 0.29) is 0 Å². The monoisotopic (exact) mass is 123 g/mol. The molecular formula is C7H9NO. The number of allylic oxidation sites excluding steroid dienone is 2. The van der Waals surface area contributed by atoms with Crippen molar-refractivity contribution >= 4 is 0 Å². The Morgan fingerprint density at radius 2 is 2.33 bits per heavy atom. The fourth-order valence-electron chi connectivity index (χ4n) is 0.445. The highest BCUT2D eigenvalue weighted by Crippen LogP contribution is 2.02. The summed E-state index contributed by atoms with van der Waals surface area (Å²) >= 11 is 0. The summed E-state index contributed by atoms with van der Waals surface area (Å²) in [5.74, 6) is 0.539. The lowest BCUT2D eigenvalue weighted by molar-refractivity contribution is 0.304. The second-order valence-electron chi connectivity index (χ2n) is 1.51. The number of hydrogen-bond acceptors (Lipinski definition) is 2. The minimum absolute atomic E-state index is 0.539. The minimum Gasteiger partial charge on any atom is -0.496 e. The standard InChI is InChI=1S/C7H9NO/c1-4-7(9-3)6(2)5-8/h4H,1H2,2-3H3/b7-6-. The van der Waals surface area contributed by atoms with E-state index in [4.69, 9.17) is 10.00 Å². The molecule has 0 heterocycles. The van der Waals surface area contributed by atoms with Crippen molar-refractivity contribution in [3.8, 4) is 6.07 Å². The first-order valence-corrected chi connectivity index (χ1v) is 2.53. The van der Waals surface area contributed by atoms with Crippen molar-refractivity contribution in [3.05, 3.63) is 24.0 Å². The Morgan fingerprint density at radius 3 is 2.44 bits per heavy atom. The predicted octanol–water partition coefficient (Wildman–Crippen LogP) is 1.62. The Kier molecular flexibility index (Phi) is 3.22. The van der Waals surface area contributed by atoms with E-state index in [0.717, 1.165) is 0 Å². The molecule has 9 heavy (non-hydrogen) atoms. The topological polar surface area (TPSA) is 33.0 Å². The van der Waals surface area contributed by atoms with Gasteiger partial charge in [0.1, 0.15) is 5.76 Å². The van der Waals surface area contributed by atoms with Crippen LogP contribution in [0.2, 0.25) is 0 Å². The van der Waals surface area contributed by atoms with Crippen molar-refractivity contribution in [2.75, 3.05) is 7.11 Å². The van der Waals surface area contributed by atoms with E-state index in [1.807, 2.05) is 6.07 Å². The Hall–Kier alpha value is -1.23. The van der Waals surface area contributed by atoms with Crippen LogP contribution < -0.4 is 0 Å². The van der Waals surface area contributed by atoms with Crippen LogP contribution in [0.5, 0.6) is 0 Å². The first kappa shape index (κ1) is 7.77. The lowest BCUT2D eigenvalue weighted by atomic mass is 10.3. The Balaban J connectivity index is 4.42. The van der Waals surface area contributed by atoms with Crippen molar-refractivity contribution in [1.82, 2.24) is 0 Å². The van der Waals surface area contributed by atoms with Crippen LogP contribution in [0, 0.1) is 11.3 Å². The van der Waals surface area contributed by atoms with Crippen LogP contribution in [-0.4, -0.2) is 7.11 Å².